The van der Waals surface area contributed by atoms with Gasteiger partial charge in [-0.3, -0.25) is 4.79 Å². The largest absolute Gasteiger partial charge is 0.467 e. The minimum atomic E-state index is -0.903. The number of esters is 1. The summed E-state index contributed by atoms with van der Waals surface area (Å²) in [4.78, 5) is 29.4. The summed E-state index contributed by atoms with van der Waals surface area (Å²) < 4.78 is 6.59. The van der Waals surface area contributed by atoms with Gasteiger partial charge in [-0.1, -0.05) is 19.3 Å². The Morgan fingerprint density at radius 1 is 1.32 bits per heavy atom. The molecule has 1 fully saturated rings. The molecule has 0 spiro atoms. The first-order valence-corrected chi connectivity index (χ1v) is 9.55. The molecule has 0 aliphatic heterocycles. The van der Waals surface area contributed by atoms with Gasteiger partial charge in [-0.15, -0.1) is 0 Å². The maximum absolute atomic E-state index is 12.6. The second kappa shape index (κ2) is 7.97. The van der Waals surface area contributed by atoms with Crippen molar-refractivity contribution in [3.63, 3.8) is 0 Å². The van der Waals surface area contributed by atoms with Crippen LogP contribution in [-0.2, 0) is 20.7 Å². The quantitative estimate of drug-likeness (QED) is 0.792. The van der Waals surface area contributed by atoms with Gasteiger partial charge in [0.15, 0.2) is 5.65 Å². The Bertz CT molecular complexity index is 951. The molecule has 8 nitrogen and oxygen atoms in total. The van der Waals surface area contributed by atoms with E-state index in [2.05, 4.69) is 21.5 Å². The Hall–Kier alpha value is -2.95. The van der Waals surface area contributed by atoms with Crippen LogP contribution in [0.3, 0.4) is 0 Å². The molecule has 0 radical (unpaired) electrons. The van der Waals surface area contributed by atoms with Crippen LogP contribution >= 0.6 is 0 Å². The molecule has 1 saturated carbocycles. The fraction of sp³-hybridized carbons (Fsp3) is 0.550. The van der Waals surface area contributed by atoms with E-state index in [0.717, 1.165) is 36.2 Å². The van der Waals surface area contributed by atoms with Crippen LogP contribution in [0.5, 0.6) is 0 Å². The zero-order valence-electron chi connectivity index (χ0n) is 16.5. The minimum Gasteiger partial charge on any atom is -0.467 e. The third-order valence-corrected chi connectivity index (χ3v) is 5.59. The van der Waals surface area contributed by atoms with Crippen LogP contribution in [0.25, 0.3) is 5.65 Å². The molecule has 0 unspecified atom stereocenters. The third kappa shape index (κ3) is 3.57. The number of carbonyl (C=O) groups is 2. The fourth-order valence-electron chi connectivity index (χ4n) is 4.05. The van der Waals surface area contributed by atoms with E-state index in [9.17, 15) is 9.59 Å². The van der Waals surface area contributed by atoms with Gasteiger partial charge >= 0.3 is 5.97 Å². The molecule has 0 bridgehead atoms. The Morgan fingerprint density at radius 2 is 2.04 bits per heavy atom. The number of rotatable bonds is 5. The van der Waals surface area contributed by atoms with Crippen LogP contribution in [-0.4, -0.2) is 39.1 Å². The number of carbonyl (C=O) groups excluding carboxylic acids is 2. The Balaban J connectivity index is 1.75. The van der Waals surface area contributed by atoms with Crippen LogP contribution in [0.1, 0.15) is 61.0 Å². The first-order chi connectivity index (χ1) is 13.4. The molecule has 2 aromatic heterocycles. The molecule has 0 saturated heterocycles. The summed E-state index contributed by atoms with van der Waals surface area (Å²) in [7, 11) is 1.36. The lowest BCUT2D eigenvalue weighted by Gasteiger charge is -2.35. The van der Waals surface area contributed by atoms with Crippen LogP contribution in [0.2, 0.25) is 0 Å². The fourth-order valence-corrected chi connectivity index (χ4v) is 4.05. The molecule has 3 rings (SSSR count). The molecular weight excluding hydrogens is 358 g/mol. The number of methoxy groups -OCH3 is 1. The van der Waals surface area contributed by atoms with Gasteiger partial charge in [0.05, 0.1) is 13.3 Å². The number of hydrogen-bond acceptors (Lipinski definition) is 6. The highest BCUT2D eigenvalue weighted by Gasteiger charge is 2.41. The van der Waals surface area contributed by atoms with Gasteiger partial charge in [0.2, 0.25) is 5.91 Å². The van der Waals surface area contributed by atoms with Gasteiger partial charge in [-0.25, -0.2) is 14.3 Å². The lowest BCUT2D eigenvalue weighted by atomic mass is 9.81. The molecular formula is C20H25N5O3. The van der Waals surface area contributed by atoms with Crippen molar-refractivity contribution in [1.82, 2.24) is 19.9 Å². The number of hydrogen-bond donors (Lipinski definition) is 1. The van der Waals surface area contributed by atoms with Crippen molar-refractivity contribution in [1.29, 1.82) is 5.26 Å². The zero-order chi connectivity index (χ0) is 20.3. The summed E-state index contributed by atoms with van der Waals surface area (Å²) in [6, 6.07) is 2.09. The van der Waals surface area contributed by atoms with E-state index in [1.54, 1.807) is 4.52 Å². The maximum atomic E-state index is 12.6. The Labute approximate surface area is 163 Å². The number of nitrogens with zero attached hydrogens (tertiary/aromatic N) is 4. The molecule has 1 N–H and O–H groups in total. The molecule has 0 aromatic carbocycles. The normalized spacial score (nSPS) is 15.8. The van der Waals surface area contributed by atoms with Crippen molar-refractivity contribution < 1.29 is 14.3 Å². The number of fused-ring (bicyclic) bond motifs is 1. The zero-order valence-corrected chi connectivity index (χ0v) is 16.5. The number of aryl methyl sites for hydroxylation is 2. The average molecular weight is 383 g/mol. The average Bonchev–Trinajstić information content (AvgIpc) is 3.10. The maximum Gasteiger partial charge on any atom is 0.331 e. The standard InChI is InChI=1S/C20H25N5O3/c1-13-16(14(2)25-18(23-13)15(11-21)12-22-25)7-8-17(26)24-20(19(27)28-3)9-5-4-6-10-20/h12H,4-10H2,1-3H3,(H,24,26). The molecule has 0 atom stereocenters. The van der Waals surface area contributed by atoms with Crippen LogP contribution in [0, 0.1) is 25.2 Å². The van der Waals surface area contributed by atoms with Gasteiger partial charge in [0.1, 0.15) is 17.2 Å². The second-order valence-corrected chi connectivity index (χ2v) is 7.35. The van der Waals surface area contributed by atoms with E-state index in [1.165, 1.54) is 13.3 Å². The smallest absolute Gasteiger partial charge is 0.331 e. The highest BCUT2D eigenvalue weighted by Crippen LogP contribution is 2.29. The first-order valence-electron chi connectivity index (χ1n) is 9.55. The molecule has 2 heterocycles. The van der Waals surface area contributed by atoms with E-state index < -0.39 is 5.54 Å². The van der Waals surface area contributed by atoms with E-state index in [1.807, 2.05) is 13.8 Å². The van der Waals surface area contributed by atoms with Crippen molar-refractivity contribution in [3.8, 4) is 6.07 Å². The van der Waals surface area contributed by atoms with Crippen molar-refractivity contribution in [3.05, 3.63) is 28.7 Å². The van der Waals surface area contributed by atoms with Gasteiger partial charge in [0.25, 0.3) is 0 Å². The molecule has 1 amide bonds. The molecule has 148 valence electrons. The third-order valence-electron chi connectivity index (χ3n) is 5.59. The first kappa shape index (κ1) is 19.8. The van der Waals surface area contributed by atoms with Gasteiger partial charge in [0, 0.05) is 17.8 Å². The van der Waals surface area contributed by atoms with Gasteiger partial charge in [-0.2, -0.15) is 10.4 Å². The summed E-state index contributed by atoms with van der Waals surface area (Å²) in [6.45, 7) is 3.77. The van der Waals surface area contributed by atoms with Crippen molar-refractivity contribution in [2.24, 2.45) is 0 Å². The van der Waals surface area contributed by atoms with Crippen molar-refractivity contribution in [2.45, 2.75) is 64.3 Å². The predicted octanol–water partition coefficient (Wildman–Crippen LogP) is 2.14. The topological polar surface area (TPSA) is 109 Å². The monoisotopic (exact) mass is 383 g/mol. The summed E-state index contributed by atoms with van der Waals surface area (Å²) in [5.41, 5.74) is 2.60. The SMILES string of the molecule is COC(=O)C1(NC(=O)CCc2c(C)nc3c(C#N)cnn3c2C)CCCCC1. The minimum absolute atomic E-state index is 0.177. The number of aromatic nitrogens is 3. The molecule has 1 aliphatic rings. The van der Waals surface area contributed by atoms with E-state index >= 15 is 0 Å². The number of ether oxygens (including phenoxy) is 1. The molecule has 1 aliphatic carbocycles. The number of nitrogens with one attached hydrogen (secondary N) is 1. The van der Waals surface area contributed by atoms with E-state index in [0.29, 0.717) is 30.5 Å². The highest BCUT2D eigenvalue weighted by atomic mass is 16.5. The predicted molar refractivity (Wildman–Crippen MR) is 101 cm³/mol. The summed E-state index contributed by atoms with van der Waals surface area (Å²) in [5, 5.41) is 16.3. The lowest BCUT2D eigenvalue weighted by molar-refractivity contribution is -0.152. The highest BCUT2D eigenvalue weighted by molar-refractivity contribution is 5.88. The number of amides is 1. The van der Waals surface area contributed by atoms with Crippen LogP contribution in [0.15, 0.2) is 6.20 Å². The Kier molecular flexibility index (Phi) is 5.63. The molecule has 8 heteroatoms. The number of nitriles is 1. The summed E-state index contributed by atoms with van der Waals surface area (Å²) in [6.07, 6.45) is 6.29. The van der Waals surface area contributed by atoms with Crippen molar-refractivity contribution in [2.75, 3.05) is 7.11 Å². The molecule has 2 aromatic rings. The van der Waals surface area contributed by atoms with Crippen LogP contribution < -0.4 is 5.32 Å². The Morgan fingerprint density at radius 3 is 2.68 bits per heavy atom. The van der Waals surface area contributed by atoms with Crippen molar-refractivity contribution >= 4 is 17.5 Å². The van der Waals surface area contributed by atoms with Crippen LogP contribution in [0.4, 0.5) is 0 Å². The summed E-state index contributed by atoms with van der Waals surface area (Å²) in [5.74, 6) is -0.541. The van der Waals surface area contributed by atoms with Gasteiger partial charge in [-0.05, 0) is 38.7 Å². The van der Waals surface area contributed by atoms with E-state index in [4.69, 9.17) is 10.00 Å². The molecule has 28 heavy (non-hydrogen) atoms. The summed E-state index contributed by atoms with van der Waals surface area (Å²) >= 11 is 0. The second-order valence-electron chi connectivity index (χ2n) is 7.35. The van der Waals surface area contributed by atoms with E-state index in [-0.39, 0.29) is 18.3 Å². The lowest BCUT2D eigenvalue weighted by Crippen LogP contribution is -2.56. The van der Waals surface area contributed by atoms with Gasteiger partial charge < -0.3 is 10.1 Å².